The molecule has 0 amide bonds. The maximum absolute atomic E-state index is 14.0. The van der Waals surface area contributed by atoms with Gasteiger partial charge in [-0.2, -0.15) is 5.26 Å². The number of nitriles is 1. The number of halogens is 2. The molecule has 4 aromatic rings. The van der Waals surface area contributed by atoms with Crippen molar-refractivity contribution < 1.29 is 4.39 Å². The molecule has 220 valence electrons. The van der Waals surface area contributed by atoms with Gasteiger partial charge in [-0.05, 0) is 73.8 Å². The van der Waals surface area contributed by atoms with Gasteiger partial charge >= 0.3 is 0 Å². The number of nitrogens with one attached hydrogen (secondary N) is 4. The summed E-state index contributed by atoms with van der Waals surface area (Å²) in [5, 5.41) is 20.1. The fourth-order valence-corrected chi connectivity index (χ4v) is 5.95. The first kappa shape index (κ1) is 28.7. The van der Waals surface area contributed by atoms with E-state index in [9.17, 15) is 9.65 Å². The Kier molecular flexibility index (Phi) is 8.29. The Morgan fingerprint density at radius 2 is 2.00 bits per heavy atom. The molecule has 9 nitrogen and oxygen atoms in total. The van der Waals surface area contributed by atoms with E-state index in [1.54, 1.807) is 25.3 Å². The van der Waals surface area contributed by atoms with Crippen LogP contribution in [-0.2, 0) is 0 Å². The van der Waals surface area contributed by atoms with Crippen molar-refractivity contribution in [2.75, 3.05) is 30.3 Å². The fourth-order valence-electron chi connectivity index (χ4n) is 5.68. The highest BCUT2D eigenvalue weighted by molar-refractivity contribution is 6.36. The van der Waals surface area contributed by atoms with Crippen LogP contribution in [0, 0.1) is 24.1 Å². The summed E-state index contributed by atoms with van der Waals surface area (Å²) >= 11 is 6.79. The number of anilines is 3. The molecule has 0 bridgehead atoms. The summed E-state index contributed by atoms with van der Waals surface area (Å²) in [6.07, 6.45) is 9.37. The summed E-state index contributed by atoms with van der Waals surface area (Å²) in [5.41, 5.74) is 12.0. The lowest BCUT2D eigenvalue weighted by molar-refractivity contribution is 0.112. The van der Waals surface area contributed by atoms with Crippen LogP contribution < -0.4 is 21.6 Å². The van der Waals surface area contributed by atoms with E-state index < -0.39 is 0 Å². The van der Waals surface area contributed by atoms with E-state index in [0.29, 0.717) is 44.5 Å². The number of hydrogen-bond donors (Lipinski definition) is 4. The van der Waals surface area contributed by atoms with Crippen molar-refractivity contribution in [1.29, 1.82) is 5.26 Å². The van der Waals surface area contributed by atoms with Gasteiger partial charge in [-0.25, -0.2) is 4.39 Å². The average molecular weight is 598 g/mol. The lowest BCUT2D eigenvalue weighted by Crippen LogP contribution is -2.48. The summed E-state index contributed by atoms with van der Waals surface area (Å²) in [5.74, 6) is -0.295. The molecular weight excluding hydrogens is 565 g/mol. The predicted octanol–water partition coefficient (Wildman–Crippen LogP) is 6.15. The van der Waals surface area contributed by atoms with E-state index >= 15 is 0 Å². The van der Waals surface area contributed by atoms with E-state index in [1.165, 1.54) is 12.3 Å². The van der Waals surface area contributed by atoms with Gasteiger partial charge < -0.3 is 21.0 Å². The minimum absolute atomic E-state index is 0.279. The maximum atomic E-state index is 14.0. The zero-order valence-corrected chi connectivity index (χ0v) is 24.8. The minimum atomic E-state index is -0.295. The van der Waals surface area contributed by atoms with Gasteiger partial charge in [0.1, 0.15) is 11.9 Å². The van der Waals surface area contributed by atoms with Crippen LogP contribution in [0.15, 0.2) is 73.0 Å². The monoisotopic (exact) mass is 597 g/mol. The Labute approximate surface area is 255 Å². The van der Waals surface area contributed by atoms with Crippen LogP contribution in [0.5, 0.6) is 0 Å². The highest BCUT2D eigenvalue weighted by atomic mass is 35.5. The molecule has 4 N–H and O–H groups in total. The Morgan fingerprint density at radius 3 is 2.72 bits per heavy atom. The molecule has 0 unspecified atom stereocenters. The van der Waals surface area contributed by atoms with Gasteiger partial charge in [-0.1, -0.05) is 24.6 Å². The topological polar surface area (TPSA) is 104 Å². The quantitative estimate of drug-likeness (QED) is 0.190. The van der Waals surface area contributed by atoms with E-state index in [1.807, 2.05) is 30.5 Å². The number of pyridine rings is 2. The zero-order valence-electron chi connectivity index (χ0n) is 24.0. The van der Waals surface area contributed by atoms with Crippen LogP contribution in [0.3, 0.4) is 0 Å². The van der Waals surface area contributed by atoms with Gasteiger partial charge in [0, 0.05) is 60.7 Å². The standard InChI is InChI=1S/C32H33ClFN9/c1-3-42-11-8-25(9-12-42)43-19-29(40-41-43)31(21-5-4-10-36-17-21)39-24-14-26-30(38-23-6-7-28(34)20(2)13-23)22(16-35)18-37-32(26)27(33)15-24/h4-7,10,13-15,17-19,25,31,39-41H,3,8-9,11-12H2,1-2H3,(H,37,38)/t31-/m0/s1. The highest BCUT2D eigenvalue weighted by Gasteiger charge is 2.29. The lowest BCUT2D eigenvalue weighted by atomic mass is 10.0. The van der Waals surface area contributed by atoms with Gasteiger partial charge in [0.2, 0.25) is 0 Å². The summed E-state index contributed by atoms with van der Waals surface area (Å²) in [6.45, 7) is 7.14. The van der Waals surface area contributed by atoms with E-state index in [2.05, 4.69) is 60.7 Å². The number of piperidine rings is 1. The minimum Gasteiger partial charge on any atom is -0.373 e. The van der Waals surface area contributed by atoms with E-state index in [0.717, 1.165) is 49.4 Å². The molecule has 0 saturated carbocycles. The molecule has 0 spiro atoms. The molecule has 2 aliphatic rings. The first-order valence-electron chi connectivity index (χ1n) is 14.4. The molecule has 43 heavy (non-hydrogen) atoms. The van der Waals surface area contributed by atoms with Gasteiger partial charge in [0.25, 0.3) is 0 Å². The fraction of sp³-hybridized carbons (Fsp3) is 0.281. The number of rotatable bonds is 8. The number of benzene rings is 2. The van der Waals surface area contributed by atoms with Crippen LogP contribution in [0.4, 0.5) is 21.5 Å². The van der Waals surface area contributed by atoms with Crippen LogP contribution in [0.1, 0.15) is 42.5 Å². The number of aryl methyl sites for hydroxylation is 1. The molecular formula is C32H33ClFN9. The molecule has 2 aliphatic heterocycles. The zero-order chi connectivity index (χ0) is 29.9. The van der Waals surface area contributed by atoms with Crippen molar-refractivity contribution in [3.05, 3.63) is 100 Å². The van der Waals surface area contributed by atoms with Crippen LogP contribution >= 0.6 is 11.6 Å². The van der Waals surface area contributed by atoms with Gasteiger partial charge in [-0.3, -0.25) is 15.0 Å². The third kappa shape index (κ3) is 6.06. The van der Waals surface area contributed by atoms with Gasteiger partial charge in [0.15, 0.2) is 0 Å². The van der Waals surface area contributed by atoms with Gasteiger partial charge in [0.05, 0.1) is 33.5 Å². The van der Waals surface area contributed by atoms with Crippen molar-refractivity contribution >= 4 is 39.6 Å². The van der Waals surface area contributed by atoms with Crippen molar-refractivity contribution in [2.24, 2.45) is 0 Å². The molecule has 11 heteroatoms. The Balaban J connectivity index is 1.35. The predicted molar refractivity (Wildman–Crippen MR) is 168 cm³/mol. The molecule has 2 aromatic carbocycles. The average Bonchev–Trinajstić information content (AvgIpc) is 3.52. The summed E-state index contributed by atoms with van der Waals surface area (Å²) in [7, 11) is 0. The summed E-state index contributed by atoms with van der Waals surface area (Å²) < 4.78 is 14.0. The molecule has 0 aliphatic carbocycles. The second-order valence-corrected chi connectivity index (χ2v) is 11.3. The third-order valence-electron chi connectivity index (χ3n) is 8.12. The Hall–Kier alpha value is -4.43. The lowest BCUT2D eigenvalue weighted by Gasteiger charge is -2.35. The smallest absolute Gasteiger partial charge is 0.126 e. The molecule has 2 aromatic heterocycles. The molecule has 1 atom stereocenters. The number of nitrogens with zero attached hydrogens (tertiary/aromatic N) is 5. The number of hydrogen-bond acceptors (Lipinski definition) is 9. The van der Waals surface area contributed by atoms with Crippen molar-refractivity contribution in [2.45, 2.75) is 38.8 Å². The third-order valence-corrected chi connectivity index (χ3v) is 8.41. The van der Waals surface area contributed by atoms with E-state index in [-0.39, 0.29) is 11.9 Å². The Morgan fingerprint density at radius 1 is 1.16 bits per heavy atom. The number of aromatic nitrogens is 2. The first-order valence-corrected chi connectivity index (χ1v) is 14.8. The highest BCUT2D eigenvalue weighted by Crippen LogP contribution is 2.37. The first-order chi connectivity index (χ1) is 20.9. The number of fused-ring (bicyclic) bond motifs is 1. The molecule has 6 rings (SSSR count). The molecule has 1 fully saturated rings. The number of likely N-dealkylation sites (tertiary alicyclic amines) is 1. The molecule has 4 heterocycles. The van der Waals surface area contributed by atoms with Crippen LogP contribution in [0.2, 0.25) is 5.02 Å². The van der Waals surface area contributed by atoms with Gasteiger partial charge in [-0.15, -0.1) is 5.53 Å². The maximum Gasteiger partial charge on any atom is 0.126 e. The normalized spacial score (nSPS) is 16.4. The largest absolute Gasteiger partial charge is 0.373 e. The van der Waals surface area contributed by atoms with Crippen molar-refractivity contribution in [1.82, 2.24) is 30.8 Å². The Bertz CT molecular complexity index is 1700. The van der Waals surface area contributed by atoms with E-state index in [4.69, 9.17) is 11.6 Å². The SMILES string of the molecule is CCN1CCC(N2C=C([C@@H](Nc3cc(Cl)c4ncc(C#N)c(Nc5ccc(F)c(C)c5)c4c3)c3cccnc3)NN2)CC1. The second kappa shape index (κ2) is 12.4. The van der Waals surface area contributed by atoms with Crippen molar-refractivity contribution in [3.8, 4) is 6.07 Å². The molecule has 1 saturated heterocycles. The van der Waals surface area contributed by atoms with Crippen LogP contribution in [-0.4, -0.2) is 45.6 Å². The van der Waals surface area contributed by atoms with Crippen LogP contribution in [0.25, 0.3) is 10.9 Å². The summed E-state index contributed by atoms with van der Waals surface area (Å²) in [6, 6.07) is 14.8. The van der Waals surface area contributed by atoms with Crippen molar-refractivity contribution in [3.63, 3.8) is 0 Å². The second-order valence-electron chi connectivity index (χ2n) is 10.9. The summed E-state index contributed by atoms with van der Waals surface area (Å²) in [4.78, 5) is 11.3. The number of hydrazine groups is 2. The molecule has 0 radical (unpaired) electrons.